The van der Waals surface area contributed by atoms with Gasteiger partial charge in [-0.1, -0.05) is 44.0 Å². The van der Waals surface area contributed by atoms with Crippen LogP contribution in [0.4, 0.5) is 0 Å². The van der Waals surface area contributed by atoms with Crippen molar-refractivity contribution >= 4 is 16.4 Å². The van der Waals surface area contributed by atoms with E-state index in [4.69, 9.17) is 0 Å². The number of benzene rings is 1. The Kier molecular flexibility index (Phi) is 10.9. The van der Waals surface area contributed by atoms with Crippen molar-refractivity contribution < 1.29 is 4.21 Å². The van der Waals surface area contributed by atoms with Gasteiger partial charge in [-0.15, -0.1) is 0 Å². The highest BCUT2D eigenvalue weighted by molar-refractivity contribution is 7.84. The summed E-state index contributed by atoms with van der Waals surface area (Å²) in [5.74, 6) is 0.847. The first-order valence-electron chi connectivity index (χ1n) is 11.7. The number of aromatic nitrogens is 5. The minimum Gasteiger partial charge on any atom is -0.313 e. The van der Waals surface area contributed by atoms with Crippen molar-refractivity contribution in [2.45, 2.75) is 53.9 Å². The van der Waals surface area contributed by atoms with Crippen LogP contribution in [0.5, 0.6) is 0 Å². The molecule has 0 saturated carbocycles. The lowest BCUT2D eigenvalue weighted by atomic mass is 10.0. The SMILES string of the molecule is CCCS(C)=O.CCCc1cc(C)ccc1C.CNn1cc(-c2cnc3c(C)nccn23)cn1. The molecule has 0 aliphatic carbocycles. The molecule has 184 valence electrons. The second-order valence-corrected chi connectivity index (χ2v) is 9.76. The third kappa shape index (κ3) is 7.80. The third-order valence-electron chi connectivity index (χ3n) is 5.23. The van der Waals surface area contributed by atoms with E-state index in [9.17, 15) is 4.21 Å². The summed E-state index contributed by atoms with van der Waals surface area (Å²) in [4.78, 5) is 10.2. The van der Waals surface area contributed by atoms with Crippen LogP contribution in [0.3, 0.4) is 0 Å². The number of fused-ring (bicyclic) bond motifs is 1. The van der Waals surface area contributed by atoms with Gasteiger partial charge in [0.15, 0.2) is 5.65 Å². The van der Waals surface area contributed by atoms with Gasteiger partial charge >= 0.3 is 0 Å². The maximum atomic E-state index is 10.2. The summed E-state index contributed by atoms with van der Waals surface area (Å²) in [5.41, 5.74) is 11.1. The monoisotopic (exact) mass is 482 g/mol. The molecule has 1 unspecified atom stereocenters. The van der Waals surface area contributed by atoms with Gasteiger partial charge in [0.1, 0.15) is 0 Å². The minimum absolute atomic E-state index is 0.566. The highest BCUT2D eigenvalue weighted by Crippen LogP contribution is 2.20. The van der Waals surface area contributed by atoms with Crippen molar-refractivity contribution in [3.63, 3.8) is 0 Å². The molecule has 0 spiro atoms. The highest BCUT2D eigenvalue weighted by atomic mass is 32.2. The number of rotatable bonds is 6. The topological polar surface area (TPSA) is 77.1 Å². The van der Waals surface area contributed by atoms with Crippen LogP contribution in [-0.4, -0.2) is 47.5 Å². The molecule has 4 aromatic rings. The zero-order valence-electron chi connectivity index (χ0n) is 21.5. The van der Waals surface area contributed by atoms with Crippen molar-refractivity contribution in [3.05, 3.63) is 71.6 Å². The summed E-state index contributed by atoms with van der Waals surface area (Å²) in [7, 11) is 1.25. The number of hydrogen-bond acceptors (Lipinski definition) is 5. The van der Waals surface area contributed by atoms with Crippen molar-refractivity contribution in [3.8, 4) is 11.3 Å². The van der Waals surface area contributed by atoms with Crippen molar-refractivity contribution in [1.29, 1.82) is 0 Å². The van der Waals surface area contributed by atoms with E-state index < -0.39 is 10.8 Å². The number of aryl methyl sites for hydroxylation is 4. The van der Waals surface area contributed by atoms with Crippen LogP contribution >= 0.6 is 0 Å². The molecule has 1 atom stereocenters. The van der Waals surface area contributed by atoms with Gasteiger partial charge in [0.2, 0.25) is 0 Å². The van der Waals surface area contributed by atoms with E-state index in [1.165, 1.54) is 29.5 Å². The first kappa shape index (κ1) is 27.2. The van der Waals surface area contributed by atoms with Gasteiger partial charge in [-0.25, -0.2) is 4.98 Å². The summed E-state index contributed by atoms with van der Waals surface area (Å²) in [6.45, 7) is 10.5. The average Bonchev–Trinajstić information content (AvgIpc) is 3.45. The van der Waals surface area contributed by atoms with Crippen molar-refractivity contribution in [1.82, 2.24) is 24.3 Å². The number of imidazole rings is 1. The fourth-order valence-corrected chi connectivity index (χ4v) is 4.04. The molecule has 0 aliphatic heterocycles. The maximum absolute atomic E-state index is 10.2. The van der Waals surface area contributed by atoms with Gasteiger partial charge in [0.25, 0.3) is 0 Å². The zero-order valence-corrected chi connectivity index (χ0v) is 22.3. The van der Waals surface area contributed by atoms with E-state index in [0.717, 1.165) is 34.8 Å². The second-order valence-electron chi connectivity index (χ2n) is 8.20. The molecule has 1 aromatic carbocycles. The molecule has 0 bridgehead atoms. The van der Waals surface area contributed by atoms with E-state index >= 15 is 0 Å². The van der Waals surface area contributed by atoms with Gasteiger partial charge in [0, 0.05) is 47.8 Å². The fraction of sp³-hybridized carbons (Fsp3) is 0.423. The molecular formula is C26H38N6OS. The van der Waals surface area contributed by atoms with Gasteiger partial charge < -0.3 is 5.43 Å². The van der Waals surface area contributed by atoms with Crippen LogP contribution < -0.4 is 5.43 Å². The molecule has 3 aromatic heterocycles. The van der Waals surface area contributed by atoms with E-state index in [2.05, 4.69) is 59.5 Å². The highest BCUT2D eigenvalue weighted by Gasteiger charge is 2.09. The second kappa shape index (κ2) is 13.6. The Balaban J connectivity index is 0.000000207. The van der Waals surface area contributed by atoms with E-state index in [-0.39, 0.29) is 0 Å². The van der Waals surface area contributed by atoms with E-state index in [0.29, 0.717) is 0 Å². The van der Waals surface area contributed by atoms with Crippen molar-refractivity contribution in [2.75, 3.05) is 24.5 Å². The van der Waals surface area contributed by atoms with E-state index in [1.54, 1.807) is 23.4 Å². The van der Waals surface area contributed by atoms with Crippen molar-refractivity contribution in [2.24, 2.45) is 0 Å². The summed E-state index contributed by atoms with van der Waals surface area (Å²) >= 11 is 0. The Morgan fingerprint density at radius 3 is 2.41 bits per heavy atom. The standard InChI is InChI=1S/C11H12N6.C11H16.C4H10OS/c1-8-11-14-6-10(16(11)4-3-13-8)9-5-15-17(7-9)12-2;1-4-5-11-8-9(2)6-7-10(11)3;1-3-4-6(2)5/h3-7,12H,1-2H3;6-8H,4-5H2,1-3H3;3-4H2,1-2H3. The Bertz CT molecular complexity index is 1200. The summed E-state index contributed by atoms with van der Waals surface area (Å²) in [5, 5.41) is 4.17. The average molecular weight is 483 g/mol. The normalized spacial score (nSPS) is 11.3. The molecule has 0 fully saturated rings. The number of nitrogens with zero attached hydrogens (tertiary/aromatic N) is 5. The van der Waals surface area contributed by atoms with Crippen LogP contribution in [0.25, 0.3) is 16.9 Å². The maximum Gasteiger partial charge on any atom is 0.158 e. The predicted molar refractivity (Wildman–Crippen MR) is 143 cm³/mol. The smallest absolute Gasteiger partial charge is 0.158 e. The van der Waals surface area contributed by atoms with Crippen LogP contribution in [-0.2, 0) is 17.2 Å². The Labute approximate surface area is 206 Å². The van der Waals surface area contributed by atoms with Crippen LogP contribution in [0.15, 0.2) is 49.2 Å². The van der Waals surface area contributed by atoms with Crippen LogP contribution in [0.2, 0.25) is 0 Å². The molecule has 0 aliphatic rings. The Hall–Kier alpha value is -3.00. The molecule has 3 heterocycles. The fourth-order valence-electron chi connectivity index (χ4n) is 3.47. The molecule has 7 nitrogen and oxygen atoms in total. The predicted octanol–water partition coefficient (Wildman–Crippen LogP) is 5.11. The van der Waals surface area contributed by atoms with Gasteiger partial charge in [0.05, 0.1) is 30.0 Å². The summed E-state index contributed by atoms with van der Waals surface area (Å²) in [6, 6.07) is 6.67. The molecule has 4 rings (SSSR count). The molecule has 8 heteroatoms. The lowest BCUT2D eigenvalue weighted by molar-refractivity contribution is 0.685. The summed E-state index contributed by atoms with van der Waals surface area (Å²) < 4.78 is 12.2. The molecular weight excluding hydrogens is 444 g/mol. The molecule has 0 radical (unpaired) electrons. The Morgan fingerprint density at radius 2 is 1.82 bits per heavy atom. The van der Waals surface area contributed by atoms with Gasteiger partial charge in [-0.3, -0.25) is 13.6 Å². The molecule has 34 heavy (non-hydrogen) atoms. The quantitative estimate of drug-likeness (QED) is 0.413. The molecule has 0 amide bonds. The number of nitrogens with one attached hydrogen (secondary N) is 1. The Morgan fingerprint density at radius 1 is 1.06 bits per heavy atom. The molecule has 0 saturated heterocycles. The first-order valence-corrected chi connectivity index (χ1v) is 13.4. The number of hydrogen-bond donors (Lipinski definition) is 1. The lowest BCUT2D eigenvalue weighted by Gasteiger charge is -2.04. The first-order chi connectivity index (χ1) is 16.3. The third-order valence-corrected chi connectivity index (χ3v) is 6.21. The van der Waals surface area contributed by atoms with Gasteiger partial charge in [-0.2, -0.15) is 9.89 Å². The van der Waals surface area contributed by atoms with Gasteiger partial charge in [-0.05, 0) is 44.7 Å². The largest absolute Gasteiger partial charge is 0.313 e. The summed E-state index contributed by atoms with van der Waals surface area (Å²) in [6.07, 6.45) is 14.4. The molecule has 1 N–H and O–H groups in total. The van der Waals surface area contributed by atoms with Crippen LogP contribution in [0, 0.1) is 20.8 Å². The minimum atomic E-state index is -0.566. The zero-order chi connectivity index (χ0) is 25.1. The lowest BCUT2D eigenvalue weighted by Crippen LogP contribution is -2.08. The van der Waals surface area contributed by atoms with E-state index in [1.807, 2.05) is 43.9 Å². The van der Waals surface area contributed by atoms with Crippen LogP contribution in [0.1, 0.15) is 49.1 Å².